The van der Waals surface area contributed by atoms with Gasteiger partial charge in [-0.05, 0) is 53.1 Å². The number of rotatable bonds is 2. The second kappa shape index (κ2) is 4.74. The Morgan fingerprint density at radius 3 is 2.62 bits per heavy atom. The van der Waals surface area contributed by atoms with Gasteiger partial charge in [-0.1, -0.05) is 36.2 Å². The van der Waals surface area contributed by atoms with Gasteiger partial charge in [-0.2, -0.15) is 0 Å². The van der Waals surface area contributed by atoms with E-state index >= 15 is 0 Å². The first-order valence-corrected chi connectivity index (χ1v) is 8.34. The molecular formula is C13H18Br2S. The summed E-state index contributed by atoms with van der Waals surface area (Å²) < 4.78 is 1.28. The van der Waals surface area contributed by atoms with Crippen molar-refractivity contribution < 1.29 is 0 Å². The maximum absolute atomic E-state index is 3.93. The summed E-state index contributed by atoms with van der Waals surface area (Å²) in [5.74, 6) is 0.766. The lowest BCUT2D eigenvalue weighted by molar-refractivity contribution is 0.258. The largest absolute Gasteiger partial charge is 0.143 e. The average molecular weight is 366 g/mol. The van der Waals surface area contributed by atoms with Crippen LogP contribution in [-0.2, 0) is 0 Å². The Hall–Kier alpha value is 0.660. The highest BCUT2D eigenvalue weighted by atomic mass is 79.9. The lowest BCUT2D eigenvalue weighted by Gasteiger charge is -2.30. The van der Waals surface area contributed by atoms with Gasteiger partial charge in [-0.25, -0.2) is 0 Å². The van der Waals surface area contributed by atoms with Crippen molar-refractivity contribution in [2.75, 3.05) is 0 Å². The summed E-state index contributed by atoms with van der Waals surface area (Å²) in [5, 5.41) is 0. The highest BCUT2D eigenvalue weighted by molar-refractivity contribution is 9.11. The smallest absolute Gasteiger partial charge is 0.0533 e. The molecule has 2 rings (SSSR count). The van der Waals surface area contributed by atoms with Crippen molar-refractivity contribution in [1.82, 2.24) is 0 Å². The summed E-state index contributed by atoms with van der Waals surface area (Å²) in [5.41, 5.74) is 0.478. The van der Waals surface area contributed by atoms with Crippen LogP contribution in [0.15, 0.2) is 10.5 Å². The topological polar surface area (TPSA) is 0 Å². The Morgan fingerprint density at radius 2 is 2.19 bits per heavy atom. The molecule has 16 heavy (non-hydrogen) atoms. The lowest BCUT2D eigenvalue weighted by Crippen LogP contribution is -2.20. The molecule has 0 nitrogen and oxygen atoms in total. The molecule has 1 fully saturated rings. The molecule has 0 N–H and O–H groups in total. The van der Waals surface area contributed by atoms with E-state index in [4.69, 9.17) is 0 Å². The van der Waals surface area contributed by atoms with E-state index < -0.39 is 0 Å². The van der Waals surface area contributed by atoms with Crippen LogP contribution in [0, 0.1) is 18.3 Å². The number of halogens is 2. The lowest BCUT2D eigenvalue weighted by atomic mass is 9.80. The van der Waals surface area contributed by atoms with Gasteiger partial charge >= 0.3 is 0 Å². The van der Waals surface area contributed by atoms with Crippen molar-refractivity contribution in [2.24, 2.45) is 11.3 Å². The summed E-state index contributed by atoms with van der Waals surface area (Å²) in [6.07, 6.45) is 4.09. The van der Waals surface area contributed by atoms with Crippen LogP contribution < -0.4 is 0 Å². The van der Waals surface area contributed by atoms with Gasteiger partial charge in [-0.3, -0.25) is 0 Å². The van der Waals surface area contributed by atoms with Crippen molar-refractivity contribution >= 4 is 43.2 Å². The molecule has 1 aromatic heterocycles. The Labute approximate surface area is 119 Å². The summed E-state index contributed by atoms with van der Waals surface area (Å²) in [7, 11) is 0. The SMILES string of the molecule is Cc1cc(Br)c(C(Br)C2CCCC2(C)C)s1. The minimum atomic E-state index is 0.478. The predicted molar refractivity (Wildman–Crippen MR) is 79.5 cm³/mol. The van der Waals surface area contributed by atoms with E-state index in [1.54, 1.807) is 0 Å². The van der Waals surface area contributed by atoms with Crippen LogP contribution in [0.3, 0.4) is 0 Å². The van der Waals surface area contributed by atoms with Gasteiger partial charge in [0.25, 0.3) is 0 Å². The van der Waals surface area contributed by atoms with E-state index in [1.807, 2.05) is 11.3 Å². The van der Waals surface area contributed by atoms with Crippen molar-refractivity contribution in [1.29, 1.82) is 0 Å². The summed E-state index contributed by atoms with van der Waals surface area (Å²) in [4.78, 5) is 3.37. The van der Waals surface area contributed by atoms with Gasteiger partial charge in [0, 0.05) is 14.2 Å². The molecule has 0 bridgehead atoms. The third kappa shape index (κ3) is 2.41. The molecule has 1 aliphatic rings. The van der Waals surface area contributed by atoms with Gasteiger partial charge in [0.05, 0.1) is 4.83 Å². The molecule has 1 aliphatic carbocycles. The molecule has 0 aliphatic heterocycles. The normalized spacial score (nSPS) is 25.9. The van der Waals surface area contributed by atoms with Crippen molar-refractivity contribution in [3.05, 3.63) is 20.3 Å². The number of thiophene rings is 1. The summed E-state index contributed by atoms with van der Waals surface area (Å²) in [6, 6.07) is 2.23. The van der Waals surface area contributed by atoms with E-state index in [1.165, 1.54) is 33.5 Å². The van der Waals surface area contributed by atoms with Gasteiger partial charge < -0.3 is 0 Å². The van der Waals surface area contributed by atoms with Crippen molar-refractivity contribution in [3.8, 4) is 0 Å². The molecule has 0 spiro atoms. The molecule has 1 heterocycles. The van der Waals surface area contributed by atoms with Crippen molar-refractivity contribution in [3.63, 3.8) is 0 Å². The first-order valence-electron chi connectivity index (χ1n) is 5.82. The van der Waals surface area contributed by atoms with Crippen LogP contribution in [0.4, 0.5) is 0 Å². The van der Waals surface area contributed by atoms with Gasteiger partial charge in [0.1, 0.15) is 0 Å². The van der Waals surface area contributed by atoms with E-state index in [9.17, 15) is 0 Å². The molecule has 0 aromatic carbocycles. The fourth-order valence-corrected chi connectivity index (χ4v) is 6.52. The fraction of sp³-hybridized carbons (Fsp3) is 0.692. The monoisotopic (exact) mass is 364 g/mol. The standard InChI is InChI=1S/C13H18Br2S/c1-8-7-10(14)12(16-8)11(15)9-5-4-6-13(9,2)3/h7,9,11H,4-6H2,1-3H3. The third-order valence-corrected chi connectivity index (χ3v) is 7.23. The molecule has 1 aromatic rings. The van der Waals surface area contributed by atoms with Crippen molar-refractivity contribution in [2.45, 2.75) is 44.9 Å². The first-order chi connectivity index (χ1) is 7.42. The highest BCUT2D eigenvalue weighted by Gasteiger charge is 2.40. The molecular weight excluding hydrogens is 348 g/mol. The zero-order chi connectivity index (χ0) is 11.9. The Morgan fingerprint density at radius 1 is 1.50 bits per heavy atom. The fourth-order valence-electron chi connectivity index (χ4n) is 2.77. The van der Waals surface area contributed by atoms with Crippen LogP contribution in [0.1, 0.15) is 47.7 Å². The molecule has 2 unspecified atom stereocenters. The number of hydrogen-bond donors (Lipinski definition) is 0. The Balaban J connectivity index is 2.25. The zero-order valence-corrected chi connectivity index (χ0v) is 14.0. The van der Waals surface area contributed by atoms with Crippen LogP contribution in [0.25, 0.3) is 0 Å². The van der Waals surface area contributed by atoms with Crippen LogP contribution in [0.2, 0.25) is 0 Å². The number of alkyl halides is 1. The molecule has 90 valence electrons. The maximum Gasteiger partial charge on any atom is 0.0533 e. The zero-order valence-electron chi connectivity index (χ0n) is 10.0. The second-order valence-electron chi connectivity index (χ2n) is 5.46. The molecule has 2 atom stereocenters. The molecule has 1 saturated carbocycles. The molecule has 0 amide bonds. The maximum atomic E-state index is 3.93. The quantitative estimate of drug-likeness (QED) is 0.557. The summed E-state index contributed by atoms with van der Waals surface area (Å²) in [6.45, 7) is 7.00. The van der Waals surface area contributed by atoms with E-state index in [-0.39, 0.29) is 0 Å². The predicted octanol–water partition coefficient (Wildman–Crippen LogP) is 6.08. The minimum Gasteiger partial charge on any atom is -0.143 e. The average Bonchev–Trinajstić information content (AvgIpc) is 2.68. The van der Waals surface area contributed by atoms with Crippen LogP contribution in [-0.4, -0.2) is 0 Å². The first kappa shape index (κ1) is 13.1. The van der Waals surface area contributed by atoms with E-state index in [0.717, 1.165) is 5.92 Å². The van der Waals surface area contributed by atoms with Crippen LogP contribution in [0.5, 0.6) is 0 Å². The molecule has 0 saturated heterocycles. The van der Waals surface area contributed by atoms with Gasteiger partial charge in [-0.15, -0.1) is 11.3 Å². The molecule has 3 heteroatoms. The van der Waals surface area contributed by atoms with E-state index in [2.05, 4.69) is 58.7 Å². The van der Waals surface area contributed by atoms with Gasteiger partial charge in [0.2, 0.25) is 0 Å². The second-order valence-corrected chi connectivity index (χ2v) is 8.59. The Bertz CT molecular complexity index is 381. The summed E-state index contributed by atoms with van der Waals surface area (Å²) >= 11 is 9.53. The van der Waals surface area contributed by atoms with Crippen LogP contribution >= 0.6 is 43.2 Å². The molecule has 0 radical (unpaired) electrons. The third-order valence-electron chi connectivity index (χ3n) is 3.78. The Kier molecular flexibility index (Phi) is 3.88. The van der Waals surface area contributed by atoms with Gasteiger partial charge in [0.15, 0.2) is 0 Å². The van der Waals surface area contributed by atoms with E-state index in [0.29, 0.717) is 10.2 Å². The number of aryl methyl sites for hydroxylation is 1. The minimum absolute atomic E-state index is 0.478. The highest BCUT2D eigenvalue weighted by Crippen LogP contribution is 2.54. The number of hydrogen-bond acceptors (Lipinski definition) is 1.